The molecule has 3 aromatic rings. The topological polar surface area (TPSA) is 135 Å². The molecule has 0 unspecified atom stereocenters. The maximum absolute atomic E-state index is 11.8. The van der Waals surface area contributed by atoms with Gasteiger partial charge < -0.3 is 13.9 Å². The van der Waals surface area contributed by atoms with Crippen molar-refractivity contribution in [2.75, 3.05) is 39.7 Å². The Kier molecular flexibility index (Phi) is 6.41. The van der Waals surface area contributed by atoms with Crippen LogP contribution in [0, 0.1) is 0 Å². The molecule has 4 heterocycles. The van der Waals surface area contributed by atoms with E-state index in [0.717, 1.165) is 65.9 Å². The predicted molar refractivity (Wildman–Crippen MR) is 131 cm³/mol. The third-order valence-corrected chi connectivity index (χ3v) is 6.38. The fourth-order valence-electron chi connectivity index (χ4n) is 4.12. The highest BCUT2D eigenvalue weighted by molar-refractivity contribution is 7.88. The molecule has 0 spiro atoms. The Morgan fingerprint density at radius 3 is 2.83 bits per heavy atom. The Labute approximate surface area is 202 Å². The second kappa shape index (κ2) is 9.64. The SMILES string of the molecule is COC1=C(NS(C)(=O)=O)CC=C(c2cc(-c3ncc(CN4CCOCC4)o3)c3cn[nH]c3c2)C=N1. The molecule has 5 rings (SSSR count). The first-order valence-corrected chi connectivity index (χ1v) is 13.0. The molecule has 11 nitrogen and oxygen atoms in total. The lowest BCUT2D eigenvalue weighted by molar-refractivity contribution is 0.0314. The first-order chi connectivity index (χ1) is 16.9. The van der Waals surface area contributed by atoms with Crippen molar-refractivity contribution >= 4 is 32.7 Å². The van der Waals surface area contributed by atoms with Gasteiger partial charge in [0.2, 0.25) is 21.8 Å². The number of fused-ring (bicyclic) bond motifs is 1. The minimum absolute atomic E-state index is 0.213. The molecule has 2 aliphatic rings. The minimum Gasteiger partial charge on any atom is -0.480 e. The Morgan fingerprint density at radius 1 is 1.23 bits per heavy atom. The van der Waals surface area contributed by atoms with Crippen LogP contribution in [0.3, 0.4) is 0 Å². The lowest BCUT2D eigenvalue weighted by atomic mass is 10.00. The number of ether oxygens (including phenoxy) is 2. The summed E-state index contributed by atoms with van der Waals surface area (Å²) in [6.07, 6.45) is 8.43. The summed E-state index contributed by atoms with van der Waals surface area (Å²) in [5.74, 6) is 1.50. The third-order valence-electron chi connectivity index (χ3n) is 5.77. The molecular formula is C23H26N6O5S. The van der Waals surface area contributed by atoms with Crippen molar-refractivity contribution < 1.29 is 22.3 Å². The number of hydrogen-bond acceptors (Lipinski definition) is 9. The van der Waals surface area contributed by atoms with Crippen LogP contribution in [0.1, 0.15) is 17.7 Å². The van der Waals surface area contributed by atoms with Crippen LogP contribution < -0.4 is 4.72 Å². The van der Waals surface area contributed by atoms with E-state index >= 15 is 0 Å². The van der Waals surface area contributed by atoms with Crippen molar-refractivity contribution in [1.82, 2.24) is 24.8 Å². The van der Waals surface area contributed by atoms with E-state index in [-0.39, 0.29) is 5.88 Å². The summed E-state index contributed by atoms with van der Waals surface area (Å²) in [5.41, 5.74) is 3.63. The number of aliphatic imine (C=N–C) groups is 1. The van der Waals surface area contributed by atoms with Crippen molar-refractivity contribution in [1.29, 1.82) is 0 Å². The molecule has 2 aromatic heterocycles. The van der Waals surface area contributed by atoms with Gasteiger partial charge >= 0.3 is 0 Å². The van der Waals surface area contributed by atoms with Crippen molar-refractivity contribution in [2.24, 2.45) is 4.99 Å². The number of rotatable bonds is 7. The van der Waals surface area contributed by atoms with Crippen LogP contribution in [0.5, 0.6) is 0 Å². The van der Waals surface area contributed by atoms with Crippen molar-refractivity contribution in [3.05, 3.63) is 53.5 Å². The van der Waals surface area contributed by atoms with Gasteiger partial charge in [0.25, 0.3) is 0 Å². The van der Waals surface area contributed by atoms with Gasteiger partial charge in [-0.1, -0.05) is 6.08 Å². The van der Waals surface area contributed by atoms with Gasteiger partial charge in [0.05, 0.1) is 56.7 Å². The number of hydrogen-bond donors (Lipinski definition) is 2. The number of nitrogens with zero attached hydrogens (tertiary/aromatic N) is 4. The van der Waals surface area contributed by atoms with Crippen molar-refractivity contribution in [2.45, 2.75) is 13.0 Å². The maximum Gasteiger partial charge on any atom is 0.234 e. The fourth-order valence-corrected chi connectivity index (χ4v) is 4.73. The number of oxazole rings is 1. The zero-order valence-electron chi connectivity index (χ0n) is 19.4. The average Bonchev–Trinajstić information content (AvgIpc) is 3.45. The van der Waals surface area contributed by atoms with E-state index < -0.39 is 10.0 Å². The highest BCUT2D eigenvalue weighted by Crippen LogP contribution is 2.32. The lowest BCUT2D eigenvalue weighted by Crippen LogP contribution is -2.35. The summed E-state index contributed by atoms with van der Waals surface area (Å²) in [7, 11) is -2.02. The second-order valence-corrected chi connectivity index (χ2v) is 10.1. The van der Waals surface area contributed by atoms with Crippen LogP contribution in [0.25, 0.3) is 27.9 Å². The number of benzene rings is 1. The summed E-state index contributed by atoms with van der Waals surface area (Å²) in [5, 5.41) is 8.10. The number of nitrogens with one attached hydrogen (secondary N) is 2. The Morgan fingerprint density at radius 2 is 2.06 bits per heavy atom. The van der Waals surface area contributed by atoms with Crippen molar-refractivity contribution in [3.63, 3.8) is 0 Å². The van der Waals surface area contributed by atoms with Gasteiger partial charge in [0.15, 0.2) is 0 Å². The smallest absolute Gasteiger partial charge is 0.234 e. The van der Waals surface area contributed by atoms with Crippen LogP contribution in [-0.2, 0) is 26.0 Å². The van der Waals surface area contributed by atoms with E-state index in [1.54, 1.807) is 18.6 Å². The molecule has 184 valence electrons. The highest BCUT2D eigenvalue weighted by atomic mass is 32.2. The van der Waals surface area contributed by atoms with Gasteiger partial charge in [-0.25, -0.2) is 18.4 Å². The number of H-pyrrole nitrogens is 1. The van der Waals surface area contributed by atoms with Crippen LogP contribution >= 0.6 is 0 Å². The van der Waals surface area contributed by atoms with Gasteiger partial charge in [-0.2, -0.15) is 5.10 Å². The van der Waals surface area contributed by atoms with E-state index in [1.165, 1.54) is 7.11 Å². The summed E-state index contributed by atoms with van der Waals surface area (Å²) in [4.78, 5) is 11.2. The molecule has 35 heavy (non-hydrogen) atoms. The number of methoxy groups -OCH3 is 1. The fraction of sp³-hybridized carbons (Fsp3) is 0.348. The quantitative estimate of drug-likeness (QED) is 0.507. The molecule has 0 atom stereocenters. The summed E-state index contributed by atoms with van der Waals surface area (Å²) < 4.78 is 42.8. The molecule has 1 saturated heterocycles. The monoisotopic (exact) mass is 498 g/mol. The molecule has 2 aliphatic heterocycles. The largest absolute Gasteiger partial charge is 0.480 e. The molecule has 1 fully saturated rings. The molecule has 0 radical (unpaired) electrons. The van der Waals surface area contributed by atoms with Crippen LogP contribution in [0.4, 0.5) is 0 Å². The molecule has 0 aliphatic carbocycles. The lowest BCUT2D eigenvalue weighted by Gasteiger charge is -2.25. The van der Waals surface area contributed by atoms with Gasteiger partial charge in [-0.3, -0.25) is 14.7 Å². The molecular weight excluding hydrogens is 472 g/mol. The summed E-state index contributed by atoms with van der Waals surface area (Å²) >= 11 is 0. The Balaban J connectivity index is 1.46. The zero-order chi connectivity index (χ0) is 24.4. The first kappa shape index (κ1) is 23.3. The van der Waals surface area contributed by atoms with E-state index in [9.17, 15) is 8.42 Å². The van der Waals surface area contributed by atoms with E-state index in [2.05, 4.69) is 29.8 Å². The minimum atomic E-state index is -3.47. The number of aromatic amines is 1. The number of allylic oxidation sites excluding steroid dienone is 2. The van der Waals surface area contributed by atoms with Gasteiger partial charge in [-0.15, -0.1) is 0 Å². The van der Waals surface area contributed by atoms with E-state index in [0.29, 0.717) is 24.6 Å². The van der Waals surface area contributed by atoms with E-state index in [1.807, 2.05) is 18.2 Å². The molecule has 0 bridgehead atoms. The Hall–Kier alpha value is -3.48. The number of morpholine rings is 1. The van der Waals surface area contributed by atoms with Gasteiger partial charge in [-0.05, 0) is 23.3 Å². The number of sulfonamides is 1. The molecule has 12 heteroatoms. The van der Waals surface area contributed by atoms with Gasteiger partial charge in [0.1, 0.15) is 5.76 Å². The molecule has 1 aromatic carbocycles. The van der Waals surface area contributed by atoms with E-state index in [4.69, 9.17) is 13.9 Å². The predicted octanol–water partition coefficient (Wildman–Crippen LogP) is 2.27. The normalized spacial score (nSPS) is 17.5. The second-order valence-electron chi connectivity index (χ2n) is 8.36. The van der Waals surface area contributed by atoms with Crippen LogP contribution in [0.2, 0.25) is 0 Å². The zero-order valence-corrected chi connectivity index (χ0v) is 20.3. The Bertz CT molecular complexity index is 1430. The van der Waals surface area contributed by atoms with Gasteiger partial charge in [0, 0.05) is 36.7 Å². The first-order valence-electron chi connectivity index (χ1n) is 11.1. The molecule has 2 N–H and O–H groups in total. The maximum atomic E-state index is 11.8. The standard InChI is InChI=1S/C23H26N6O5S/c1-32-23-20(28-35(2,30)31)4-3-15(11-24-23)16-9-18(19-13-26-27-21(19)10-16)22-25-12-17(34-22)14-29-5-7-33-8-6-29/h3,9-13,28H,4-8,14H2,1-2H3,(H,26,27). The molecule has 0 saturated carbocycles. The third kappa shape index (κ3) is 5.29. The average molecular weight is 499 g/mol. The highest BCUT2D eigenvalue weighted by Gasteiger charge is 2.19. The van der Waals surface area contributed by atoms with Crippen LogP contribution in [0.15, 0.2) is 51.6 Å². The van der Waals surface area contributed by atoms with Crippen LogP contribution in [-0.4, -0.2) is 74.4 Å². The number of aromatic nitrogens is 3. The molecule has 0 amide bonds. The summed E-state index contributed by atoms with van der Waals surface area (Å²) in [6.45, 7) is 3.83. The summed E-state index contributed by atoms with van der Waals surface area (Å²) in [6, 6.07) is 3.93. The van der Waals surface area contributed by atoms with Crippen molar-refractivity contribution in [3.8, 4) is 11.5 Å².